The molecule has 2 unspecified atom stereocenters. The van der Waals surface area contributed by atoms with Gasteiger partial charge in [0.1, 0.15) is 5.75 Å². The quantitative estimate of drug-likeness (QED) is 0.853. The number of nitrogens with two attached hydrogens (primary N) is 1. The molecule has 124 valence electrons. The third-order valence-corrected chi connectivity index (χ3v) is 3.78. The number of hydrogen-bond donors (Lipinski definition) is 2. The molecule has 23 heavy (non-hydrogen) atoms. The van der Waals surface area contributed by atoms with E-state index in [1.807, 2.05) is 61.5 Å². The number of carbonyl (C=O) groups excluding carboxylic acids is 1. The molecule has 0 saturated carbocycles. The molecule has 0 radical (unpaired) electrons. The molecule has 2 atom stereocenters. The number of hydrogen-bond acceptors (Lipinski definition) is 3. The summed E-state index contributed by atoms with van der Waals surface area (Å²) in [5, 5.41) is 2.93. The molecular weight excluding hydrogens is 312 g/mol. The van der Waals surface area contributed by atoms with E-state index in [2.05, 4.69) is 5.32 Å². The first-order chi connectivity index (χ1) is 10.6. The van der Waals surface area contributed by atoms with E-state index in [0.717, 1.165) is 16.9 Å². The zero-order valence-electron chi connectivity index (χ0n) is 13.4. The number of rotatable bonds is 6. The Bertz CT molecular complexity index is 619. The van der Waals surface area contributed by atoms with E-state index in [0.29, 0.717) is 6.54 Å². The van der Waals surface area contributed by atoms with Crippen LogP contribution in [0.3, 0.4) is 0 Å². The first kappa shape index (κ1) is 19.0. The molecule has 3 N–H and O–H groups in total. The van der Waals surface area contributed by atoms with Gasteiger partial charge in [-0.15, -0.1) is 12.4 Å². The van der Waals surface area contributed by atoms with Gasteiger partial charge < -0.3 is 15.8 Å². The number of carbonyl (C=O) groups is 1. The van der Waals surface area contributed by atoms with Crippen molar-refractivity contribution in [3.05, 3.63) is 65.7 Å². The van der Waals surface area contributed by atoms with E-state index in [4.69, 9.17) is 10.5 Å². The van der Waals surface area contributed by atoms with Gasteiger partial charge in [-0.2, -0.15) is 0 Å². The Hall–Kier alpha value is -2.04. The van der Waals surface area contributed by atoms with Gasteiger partial charge >= 0.3 is 0 Å². The minimum Gasteiger partial charge on any atom is -0.496 e. The molecule has 0 bridgehead atoms. The van der Waals surface area contributed by atoms with Gasteiger partial charge in [0.25, 0.3) is 0 Å². The van der Waals surface area contributed by atoms with Crippen LogP contribution in [0.15, 0.2) is 54.6 Å². The Morgan fingerprint density at radius 2 is 1.74 bits per heavy atom. The van der Waals surface area contributed by atoms with Gasteiger partial charge in [-0.25, -0.2) is 0 Å². The summed E-state index contributed by atoms with van der Waals surface area (Å²) in [7, 11) is 1.62. The van der Waals surface area contributed by atoms with E-state index in [-0.39, 0.29) is 30.3 Å². The molecule has 0 aliphatic heterocycles. The predicted octanol–water partition coefficient (Wildman–Crippen LogP) is 3.07. The van der Waals surface area contributed by atoms with Crippen molar-refractivity contribution >= 4 is 18.3 Å². The number of ether oxygens (including phenoxy) is 1. The Labute approximate surface area is 143 Å². The van der Waals surface area contributed by atoms with Crippen LogP contribution in [0, 0.1) is 5.92 Å². The van der Waals surface area contributed by atoms with Crippen LogP contribution in [-0.4, -0.2) is 13.0 Å². The summed E-state index contributed by atoms with van der Waals surface area (Å²) in [6.45, 7) is 2.27. The Morgan fingerprint density at radius 3 is 2.39 bits per heavy atom. The van der Waals surface area contributed by atoms with Crippen LogP contribution in [0.5, 0.6) is 5.75 Å². The molecule has 2 aromatic carbocycles. The minimum atomic E-state index is -0.320. The zero-order chi connectivity index (χ0) is 15.9. The van der Waals surface area contributed by atoms with Crippen LogP contribution < -0.4 is 15.8 Å². The predicted molar refractivity (Wildman–Crippen MR) is 94.6 cm³/mol. The molecule has 4 nitrogen and oxygen atoms in total. The molecule has 0 spiro atoms. The normalized spacial score (nSPS) is 12.7. The lowest BCUT2D eigenvalue weighted by molar-refractivity contribution is -0.125. The molecule has 0 aliphatic rings. The van der Waals surface area contributed by atoms with Crippen molar-refractivity contribution in [2.24, 2.45) is 11.7 Å². The van der Waals surface area contributed by atoms with Crippen LogP contribution >= 0.6 is 12.4 Å². The van der Waals surface area contributed by atoms with Gasteiger partial charge in [0.2, 0.25) is 5.91 Å². The van der Waals surface area contributed by atoms with Crippen LogP contribution in [0.25, 0.3) is 0 Å². The number of benzene rings is 2. The topological polar surface area (TPSA) is 64.3 Å². The van der Waals surface area contributed by atoms with Gasteiger partial charge in [-0.3, -0.25) is 4.79 Å². The lowest BCUT2D eigenvalue weighted by atomic mass is 9.94. The van der Waals surface area contributed by atoms with E-state index >= 15 is 0 Å². The average Bonchev–Trinajstić information content (AvgIpc) is 2.59. The molecule has 2 aromatic rings. The molecule has 0 fully saturated rings. The van der Waals surface area contributed by atoms with Crippen molar-refractivity contribution in [2.75, 3.05) is 7.11 Å². The summed E-state index contributed by atoms with van der Waals surface area (Å²) in [6.07, 6.45) is 0. The summed E-state index contributed by atoms with van der Waals surface area (Å²) >= 11 is 0. The number of amides is 1. The van der Waals surface area contributed by atoms with Gasteiger partial charge in [0.05, 0.1) is 13.0 Å². The third kappa shape index (κ3) is 4.98. The molecule has 0 aliphatic carbocycles. The molecule has 5 heteroatoms. The standard InChI is InChI=1S/C18H22N2O2.ClH/c1-13(17(19)14-8-4-3-5-9-14)18(21)20-12-15-10-6-7-11-16(15)22-2;/h3-11,13,17H,12,19H2,1-2H3,(H,20,21);1H. The molecule has 0 aromatic heterocycles. The lowest BCUT2D eigenvalue weighted by Crippen LogP contribution is -2.35. The molecule has 0 heterocycles. The second-order valence-electron chi connectivity index (χ2n) is 5.25. The smallest absolute Gasteiger partial charge is 0.225 e. The maximum Gasteiger partial charge on any atom is 0.225 e. The van der Waals surface area contributed by atoms with E-state index in [1.165, 1.54) is 0 Å². The van der Waals surface area contributed by atoms with Crippen molar-refractivity contribution < 1.29 is 9.53 Å². The van der Waals surface area contributed by atoms with Crippen LogP contribution in [0.2, 0.25) is 0 Å². The highest BCUT2D eigenvalue weighted by Gasteiger charge is 2.21. The first-order valence-electron chi connectivity index (χ1n) is 7.33. The van der Waals surface area contributed by atoms with Crippen molar-refractivity contribution in [3.8, 4) is 5.75 Å². The summed E-state index contributed by atoms with van der Waals surface area (Å²) in [5.74, 6) is 0.391. The highest BCUT2D eigenvalue weighted by molar-refractivity contribution is 5.85. The number of nitrogens with one attached hydrogen (secondary N) is 1. The Morgan fingerprint density at radius 1 is 1.13 bits per heavy atom. The fraction of sp³-hybridized carbons (Fsp3) is 0.278. The minimum absolute atomic E-state index is 0. The Balaban J connectivity index is 0.00000264. The number of para-hydroxylation sites is 1. The van der Waals surface area contributed by atoms with Crippen molar-refractivity contribution in [1.29, 1.82) is 0 Å². The van der Waals surface area contributed by atoms with Gasteiger partial charge in [0.15, 0.2) is 0 Å². The number of methoxy groups -OCH3 is 1. The summed E-state index contributed by atoms with van der Waals surface area (Å²) in [5.41, 5.74) is 8.08. The highest BCUT2D eigenvalue weighted by atomic mass is 35.5. The molecular formula is C18H23ClN2O2. The SMILES string of the molecule is COc1ccccc1CNC(=O)C(C)C(N)c1ccccc1.Cl. The third-order valence-electron chi connectivity index (χ3n) is 3.78. The van der Waals surface area contributed by atoms with Crippen molar-refractivity contribution in [2.45, 2.75) is 19.5 Å². The maximum absolute atomic E-state index is 12.3. The fourth-order valence-corrected chi connectivity index (χ4v) is 2.32. The van der Waals surface area contributed by atoms with Gasteiger partial charge in [0, 0.05) is 18.2 Å². The van der Waals surface area contributed by atoms with E-state index in [1.54, 1.807) is 7.11 Å². The van der Waals surface area contributed by atoms with Crippen molar-refractivity contribution in [1.82, 2.24) is 5.32 Å². The largest absolute Gasteiger partial charge is 0.496 e. The second kappa shape index (κ2) is 9.18. The first-order valence-corrected chi connectivity index (χ1v) is 7.33. The summed E-state index contributed by atoms with van der Waals surface area (Å²) in [6, 6.07) is 17.0. The van der Waals surface area contributed by atoms with Crippen LogP contribution in [0.4, 0.5) is 0 Å². The monoisotopic (exact) mass is 334 g/mol. The van der Waals surface area contributed by atoms with E-state index in [9.17, 15) is 4.79 Å². The fourth-order valence-electron chi connectivity index (χ4n) is 2.32. The highest BCUT2D eigenvalue weighted by Crippen LogP contribution is 2.20. The van der Waals surface area contributed by atoms with E-state index < -0.39 is 0 Å². The Kier molecular flexibility index (Phi) is 7.59. The van der Waals surface area contributed by atoms with Gasteiger partial charge in [-0.1, -0.05) is 55.5 Å². The molecule has 2 rings (SSSR count). The second-order valence-corrected chi connectivity index (χ2v) is 5.25. The molecule has 1 amide bonds. The summed E-state index contributed by atoms with van der Waals surface area (Å²) in [4.78, 5) is 12.3. The summed E-state index contributed by atoms with van der Waals surface area (Å²) < 4.78 is 5.28. The lowest BCUT2D eigenvalue weighted by Gasteiger charge is -2.20. The van der Waals surface area contributed by atoms with Crippen LogP contribution in [0.1, 0.15) is 24.1 Å². The van der Waals surface area contributed by atoms with Gasteiger partial charge in [-0.05, 0) is 11.6 Å². The van der Waals surface area contributed by atoms with Crippen LogP contribution in [-0.2, 0) is 11.3 Å². The van der Waals surface area contributed by atoms with Crippen molar-refractivity contribution in [3.63, 3.8) is 0 Å². The molecule has 0 saturated heterocycles. The number of halogens is 1. The maximum atomic E-state index is 12.3. The zero-order valence-corrected chi connectivity index (χ0v) is 14.2. The average molecular weight is 335 g/mol.